The Hall–Kier alpha value is -4.07. The van der Waals surface area contributed by atoms with Gasteiger partial charge in [-0.15, -0.1) is 0 Å². The van der Waals surface area contributed by atoms with Crippen LogP contribution in [-0.2, 0) is 9.59 Å². The van der Waals surface area contributed by atoms with E-state index in [4.69, 9.17) is 14.0 Å². The standard InChI is InChI=1S/C23H20N2O6/c1-13-12-17(24-31-13)25-19(15-10-7-11-16(29-2)22(15)30-3)18(21(27)23(25)28)20(26)14-8-5-4-6-9-14/h4-12,19,26H,1-3H3/b20-18+. The first-order valence-corrected chi connectivity index (χ1v) is 9.48. The minimum absolute atomic E-state index is 0.0802. The monoisotopic (exact) mass is 420 g/mol. The minimum atomic E-state index is -1.00. The number of hydrogen-bond donors (Lipinski definition) is 1. The quantitative estimate of drug-likeness (QED) is 0.382. The molecule has 1 saturated heterocycles. The number of amides is 1. The normalized spacial score (nSPS) is 17.8. The van der Waals surface area contributed by atoms with Crippen molar-refractivity contribution in [2.24, 2.45) is 0 Å². The van der Waals surface area contributed by atoms with Crippen molar-refractivity contribution in [1.29, 1.82) is 0 Å². The summed E-state index contributed by atoms with van der Waals surface area (Å²) in [5.74, 6) is -0.588. The maximum absolute atomic E-state index is 13.1. The van der Waals surface area contributed by atoms with E-state index in [-0.39, 0.29) is 17.2 Å². The van der Waals surface area contributed by atoms with Crippen LogP contribution in [0.5, 0.6) is 11.5 Å². The summed E-state index contributed by atoms with van der Waals surface area (Å²) >= 11 is 0. The number of para-hydroxylation sites is 1. The van der Waals surface area contributed by atoms with Crippen LogP contribution < -0.4 is 14.4 Å². The van der Waals surface area contributed by atoms with E-state index >= 15 is 0 Å². The number of ketones is 1. The van der Waals surface area contributed by atoms with Crippen molar-refractivity contribution in [3.63, 3.8) is 0 Å². The molecule has 31 heavy (non-hydrogen) atoms. The van der Waals surface area contributed by atoms with Crippen LogP contribution in [-0.4, -0.2) is 36.2 Å². The first kappa shape index (κ1) is 20.2. The largest absolute Gasteiger partial charge is 0.507 e. The predicted octanol–water partition coefficient (Wildman–Crippen LogP) is 3.63. The summed E-state index contributed by atoms with van der Waals surface area (Å²) in [7, 11) is 2.95. The first-order valence-electron chi connectivity index (χ1n) is 9.48. The van der Waals surface area contributed by atoms with E-state index in [1.807, 2.05) is 0 Å². The van der Waals surface area contributed by atoms with Crippen molar-refractivity contribution in [2.45, 2.75) is 13.0 Å². The Kier molecular flexibility index (Phi) is 5.21. The molecular formula is C23H20N2O6. The highest BCUT2D eigenvalue weighted by Crippen LogP contribution is 2.46. The van der Waals surface area contributed by atoms with Gasteiger partial charge in [0.15, 0.2) is 17.3 Å². The molecule has 1 N–H and O–H groups in total. The van der Waals surface area contributed by atoms with Gasteiger partial charge in [-0.25, -0.2) is 0 Å². The van der Waals surface area contributed by atoms with E-state index in [0.717, 1.165) is 0 Å². The fourth-order valence-electron chi connectivity index (χ4n) is 3.71. The van der Waals surface area contributed by atoms with Gasteiger partial charge in [-0.2, -0.15) is 0 Å². The van der Waals surface area contributed by atoms with Gasteiger partial charge in [-0.3, -0.25) is 14.5 Å². The van der Waals surface area contributed by atoms with Gasteiger partial charge >= 0.3 is 5.91 Å². The topological polar surface area (TPSA) is 102 Å². The van der Waals surface area contributed by atoms with Crippen molar-refractivity contribution in [3.8, 4) is 11.5 Å². The Morgan fingerprint density at radius 1 is 1.06 bits per heavy atom. The van der Waals surface area contributed by atoms with Crippen molar-refractivity contribution in [2.75, 3.05) is 19.1 Å². The van der Waals surface area contributed by atoms with Gasteiger partial charge in [-0.05, 0) is 13.0 Å². The second-order valence-electron chi connectivity index (χ2n) is 6.91. The fraction of sp³-hybridized carbons (Fsp3) is 0.174. The molecule has 1 fully saturated rings. The summed E-state index contributed by atoms with van der Waals surface area (Å²) < 4.78 is 16.1. The Morgan fingerprint density at radius 2 is 1.81 bits per heavy atom. The molecule has 1 aliphatic rings. The van der Waals surface area contributed by atoms with Crippen molar-refractivity contribution >= 4 is 23.3 Å². The Morgan fingerprint density at radius 3 is 2.42 bits per heavy atom. The SMILES string of the molecule is COc1cccc(C2/C(=C(\O)c3ccccc3)C(=O)C(=O)N2c2cc(C)on2)c1OC. The molecule has 0 saturated carbocycles. The van der Waals surface area contributed by atoms with Crippen molar-refractivity contribution in [1.82, 2.24) is 5.16 Å². The molecule has 4 rings (SSSR count). The second-order valence-corrected chi connectivity index (χ2v) is 6.91. The number of benzene rings is 2. The van der Waals surface area contributed by atoms with Crippen molar-refractivity contribution < 1.29 is 28.7 Å². The van der Waals surface area contributed by atoms with Gasteiger partial charge in [0.1, 0.15) is 17.6 Å². The molecular weight excluding hydrogens is 400 g/mol. The number of aliphatic hydroxyl groups is 1. The highest BCUT2D eigenvalue weighted by atomic mass is 16.5. The number of ether oxygens (including phenoxy) is 2. The lowest BCUT2D eigenvalue weighted by atomic mass is 9.94. The van der Waals surface area contributed by atoms with Crippen LogP contribution in [0, 0.1) is 6.92 Å². The number of Topliss-reactive ketones (excluding diaryl/α,β-unsaturated/α-hetero) is 1. The van der Waals surface area contributed by atoms with Crippen LogP contribution in [0.4, 0.5) is 5.82 Å². The van der Waals surface area contributed by atoms with Crippen LogP contribution in [0.25, 0.3) is 5.76 Å². The number of aryl methyl sites for hydroxylation is 1. The van der Waals surface area contributed by atoms with E-state index < -0.39 is 17.7 Å². The third kappa shape index (κ3) is 3.31. The number of carbonyl (C=O) groups excluding carboxylic acids is 2. The summed E-state index contributed by atoms with van der Waals surface area (Å²) in [4.78, 5) is 27.4. The Labute approximate surface area is 178 Å². The Balaban J connectivity index is 2.01. The van der Waals surface area contributed by atoms with Gasteiger partial charge in [-0.1, -0.05) is 47.6 Å². The van der Waals surface area contributed by atoms with Crippen molar-refractivity contribution in [3.05, 3.63) is 77.1 Å². The number of anilines is 1. The molecule has 158 valence electrons. The zero-order valence-corrected chi connectivity index (χ0v) is 17.2. The first-order chi connectivity index (χ1) is 15.0. The van der Waals surface area contributed by atoms with E-state index in [1.54, 1.807) is 61.5 Å². The Bertz CT molecular complexity index is 1180. The summed E-state index contributed by atoms with van der Waals surface area (Å²) in [5, 5.41) is 15.0. The zero-order chi connectivity index (χ0) is 22.1. The van der Waals surface area contributed by atoms with Crippen LogP contribution in [0.15, 0.2) is 64.7 Å². The zero-order valence-electron chi connectivity index (χ0n) is 17.2. The van der Waals surface area contributed by atoms with E-state index in [0.29, 0.717) is 28.4 Å². The molecule has 1 aliphatic heterocycles. The van der Waals surface area contributed by atoms with Gasteiger partial charge in [0.05, 0.1) is 19.8 Å². The molecule has 1 atom stereocenters. The maximum Gasteiger partial charge on any atom is 0.301 e. The third-order valence-corrected chi connectivity index (χ3v) is 5.08. The van der Waals surface area contributed by atoms with Crippen LogP contribution >= 0.6 is 0 Å². The number of hydrogen-bond acceptors (Lipinski definition) is 7. The number of aromatic nitrogens is 1. The molecule has 0 bridgehead atoms. The smallest absolute Gasteiger partial charge is 0.301 e. The lowest BCUT2D eigenvalue weighted by molar-refractivity contribution is -0.132. The molecule has 1 aromatic heterocycles. The lowest BCUT2D eigenvalue weighted by Gasteiger charge is -2.25. The third-order valence-electron chi connectivity index (χ3n) is 5.08. The molecule has 1 unspecified atom stereocenters. The van der Waals surface area contributed by atoms with Crippen LogP contribution in [0.2, 0.25) is 0 Å². The van der Waals surface area contributed by atoms with E-state index in [9.17, 15) is 14.7 Å². The second kappa shape index (κ2) is 7.98. The maximum atomic E-state index is 13.1. The summed E-state index contributed by atoms with van der Waals surface area (Å²) in [6.07, 6.45) is 0. The van der Waals surface area contributed by atoms with Gasteiger partial charge < -0.3 is 19.1 Å². The molecule has 0 spiro atoms. The summed E-state index contributed by atoms with van der Waals surface area (Å²) in [6, 6.07) is 14.2. The van der Waals surface area contributed by atoms with E-state index in [1.165, 1.54) is 19.1 Å². The van der Waals surface area contributed by atoms with Crippen LogP contribution in [0.3, 0.4) is 0 Å². The number of carbonyl (C=O) groups is 2. The molecule has 8 nitrogen and oxygen atoms in total. The fourth-order valence-corrected chi connectivity index (χ4v) is 3.71. The predicted molar refractivity (Wildman–Crippen MR) is 112 cm³/mol. The minimum Gasteiger partial charge on any atom is -0.507 e. The highest BCUT2D eigenvalue weighted by Gasteiger charge is 2.49. The summed E-state index contributed by atoms with van der Waals surface area (Å²) in [5.41, 5.74) is 0.784. The molecule has 3 aromatic rings. The van der Waals surface area contributed by atoms with Gasteiger partial charge in [0.25, 0.3) is 5.78 Å². The molecule has 2 aromatic carbocycles. The summed E-state index contributed by atoms with van der Waals surface area (Å²) in [6.45, 7) is 1.68. The number of rotatable bonds is 5. The molecule has 0 aliphatic carbocycles. The van der Waals surface area contributed by atoms with Gasteiger partial charge in [0, 0.05) is 17.2 Å². The molecule has 1 amide bonds. The average molecular weight is 420 g/mol. The highest BCUT2D eigenvalue weighted by molar-refractivity contribution is 6.51. The lowest BCUT2D eigenvalue weighted by Crippen LogP contribution is -2.30. The van der Waals surface area contributed by atoms with E-state index in [2.05, 4.69) is 5.16 Å². The molecule has 0 radical (unpaired) electrons. The number of aliphatic hydroxyl groups excluding tert-OH is 1. The average Bonchev–Trinajstić information content (AvgIpc) is 3.33. The van der Waals surface area contributed by atoms with Gasteiger partial charge in [0.2, 0.25) is 0 Å². The number of nitrogens with zero attached hydrogens (tertiary/aromatic N) is 2. The van der Waals surface area contributed by atoms with Crippen LogP contribution in [0.1, 0.15) is 22.9 Å². The molecule has 2 heterocycles. The molecule has 8 heteroatoms. The number of methoxy groups -OCH3 is 2.